The van der Waals surface area contributed by atoms with Crippen molar-refractivity contribution < 1.29 is 0 Å². The molecule has 0 atom stereocenters. The van der Waals surface area contributed by atoms with Gasteiger partial charge in [0.1, 0.15) is 0 Å². The summed E-state index contributed by atoms with van der Waals surface area (Å²) < 4.78 is 0. The van der Waals surface area contributed by atoms with Crippen molar-refractivity contribution in [3.63, 3.8) is 0 Å². The number of hydrogen-bond donors (Lipinski definition) is 0. The highest BCUT2D eigenvalue weighted by molar-refractivity contribution is 5.69. The van der Waals surface area contributed by atoms with E-state index in [-0.39, 0.29) is 5.54 Å². The summed E-state index contributed by atoms with van der Waals surface area (Å²) in [4.78, 5) is 2.44. The molecule has 0 spiro atoms. The number of rotatable bonds is 2. The van der Waals surface area contributed by atoms with Crippen molar-refractivity contribution in [2.45, 2.75) is 54.0 Å². The molecule has 0 saturated carbocycles. The molecule has 0 saturated heterocycles. The molecule has 112 valence electrons. The van der Waals surface area contributed by atoms with Crippen LogP contribution in [0.5, 0.6) is 0 Å². The molecule has 1 heteroatoms. The van der Waals surface area contributed by atoms with E-state index in [2.05, 4.69) is 89.8 Å². The van der Waals surface area contributed by atoms with Crippen molar-refractivity contribution in [1.29, 1.82) is 0 Å². The third kappa shape index (κ3) is 3.29. The fourth-order valence-electron chi connectivity index (χ4n) is 2.81. The van der Waals surface area contributed by atoms with Crippen LogP contribution in [0.15, 0.2) is 36.4 Å². The Labute approximate surface area is 129 Å². The van der Waals surface area contributed by atoms with Crippen molar-refractivity contribution in [3.8, 4) is 0 Å². The van der Waals surface area contributed by atoms with E-state index in [0.717, 1.165) is 0 Å². The minimum atomic E-state index is 0.0295. The smallest absolute Gasteiger partial charge is 0.0445 e. The Hall–Kier alpha value is -1.76. The summed E-state index contributed by atoms with van der Waals surface area (Å²) in [7, 11) is 0. The Morgan fingerprint density at radius 1 is 0.714 bits per heavy atom. The summed E-state index contributed by atoms with van der Waals surface area (Å²) in [6.45, 7) is 15.5. The lowest BCUT2D eigenvalue weighted by molar-refractivity contribution is 0.559. The van der Waals surface area contributed by atoms with E-state index >= 15 is 0 Å². The van der Waals surface area contributed by atoms with E-state index < -0.39 is 0 Å². The average Bonchev–Trinajstić information content (AvgIpc) is 2.35. The molecule has 0 N–H and O–H groups in total. The van der Waals surface area contributed by atoms with Crippen molar-refractivity contribution in [3.05, 3.63) is 58.7 Å². The van der Waals surface area contributed by atoms with Gasteiger partial charge < -0.3 is 4.90 Å². The molecule has 1 nitrogen and oxygen atoms in total. The molecular weight excluding hydrogens is 254 g/mol. The van der Waals surface area contributed by atoms with Crippen molar-refractivity contribution >= 4 is 11.4 Å². The second-order valence-electron chi connectivity index (χ2n) is 7.06. The quantitative estimate of drug-likeness (QED) is 0.666. The minimum Gasteiger partial charge on any atom is -0.336 e. The van der Waals surface area contributed by atoms with Crippen LogP contribution in [0.25, 0.3) is 0 Å². The van der Waals surface area contributed by atoms with Crippen LogP contribution >= 0.6 is 0 Å². The van der Waals surface area contributed by atoms with Gasteiger partial charge in [0.25, 0.3) is 0 Å². The lowest BCUT2D eigenvalue weighted by Crippen LogP contribution is -2.38. The van der Waals surface area contributed by atoms with Crippen LogP contribution in [0.1, 0.15) is 43.0 Å². The first-order valence-electron chi connectivity index (χ1n) is 7.65. The maximum absolute atomic E-state index is 2.44. The first-order valence-corrected chi connectivity index (χ1v) is 7.65. The van der Waals surface area contributed by atoms with Gasteiger partial charge in [-0.15, -0.1) is 0 Å². The van der Waals surface area contributed by atoms with E-state index in [1.165, 1.54) is 33.6 Å². The third-order valence-electron chi connectivity index (χ3n) is 4.01. The number of benzene rings is 2. The zero-order valence-corrected chi connectivity index (χ0v) is 14.4. The van der Waals surface area contributed by atoms with Crippen LogP contribution in [0.3, 0.4) is 0 Å². The summed E-state index contributed by atoms with van der Waals surface area (Å²) in [5.74, 6) is 0. The largest absolute Gasteiger partial charge is 0.336 e. The standard InChI is InChI=1S/C20H27N/c1-14-8-11-19(17(4)12-14)21(20(5,6)7)18-10-9-15(2)16(3)13-18/h8-13H,1-7H3. The van der Waals surface area contributed by atoms with Crippen LogP contribution in [-0.4, -0.2) is 5.54 Å². The fourth-order valence-corrected chi connectivity index (χ4v) is 2.81. The van der Waals surface area contributed by atoms with Gasteiger partial charge >= 0.3 is 0 Å². The van der Waals surface area contributed by atoms with Gasteiger partial charge in [-0.1, -0.05) is 23.8 Å². The SMILES string of the molecule is Cc1ccc(N(c2ccc(C)c(C)c2)C(C)(C)C)c(C)c1. The molecule has 2 aromatic carbocycles. The number of anilines is 2. The highest BCUT2D eigenvalue weighted by Crippen LogP contribution is 2.36. The van der Waals surface area contributed by atoms with Gasteiger partial charge in [0.05, 0.1) is 0 Å². The summed E-state index contributed by atoms with van der Waals surface area (Å²) >= 11 is 0. The van der Waals surface area contributed by atoms with Crippen LogP contribution in [0.4, 0.5) is 11.4 Å². The predicted molar refractivity (Wildman–Crippen MR) is 93.7 cm³/mol. The van der Waals surface area contributed by atoms with Gasteiger partial charge in [0, 0.05) is 16.9 Å². The Bertz CT molecular complexity index is 647. The van der Waals surface area contributed by atoms with E-state index in [9.17, 15) is 0 Å². The van der Waals surface area contributed by atoms with Crippen LogP contribution < -0.4 is 4.90 Å². The molecule has 0 heterocycles. The molecular formula is C20H27N. The van der Waals surface area contributed by atoms with Gasteiger partial charge in [-0.25, -0.2) is 0 Å². The van der Waals surface area contributed by atoms with Crippen LogP contribution in [-0.2, 0) is 0 Å². The maximum atomic E-state index is 2.44. The highest BCUT2D eigenvalue weighted by atomic mass is 15.2. The zero-order valence-electron chi connectivity index (χ0n) is 14.4. The maximum Gasteiger partial charge on any atom is 0.0445 e. The lowest BCUT2D eigenvalue weighted by Gasteiger charge is -2.39. The summed E-state index contributed by atoms with van der Waals surface area (Å²) in [6.07, 6.45) is 0. The average molecular weight is 281 g/mol. The topological polar surface area (TPSA) is 3.24 Å². The van der Waals surface area contributed by atoms with E-state index in [0.29, 0.717) is 0 Å². The zero-order chi connectivity index (χ0) is 15.8. The first-order chi connectivity index (χ1) is 9.70. The molecule has 2 rings (SSSR count). The molecule has 2 aromatic rings. The van der Waals surface area contributed by atoms with Gasteiger partial charge in [0.15, 0.2) is 0 Å². The molecule has 0 aliphatic rings. The predicted octanol–water partition coefficient (Wildman–Crippen LogP) is 5.86. The molecule has 0 amide bonds. The van der Waals surface area contributed by atoms with E-state index in [1.807, 2.05) is 0 Å². The van der Waals surface area contributed by atoms with Gasteiger partial charge in [-0.05, 0) is 83.4 Å². The molecule has 0 aliphatic carbocycles. The second-order valence-corrected chi connectivity index (χ2v) is 7.06. The highest BCUT2D eigenvalue weighted by Gasteiger charge is 2.24. The molecule has 0 aliphatic heterocycles. The van der Waals surface area contributed by atoms with E-state index in [4.69, 9.17) is 0 Å². The fraction of sp³-hybridized carbons (Fsp3) is 0.400. The Morgan fingerprint density at radius 3 is 1.90 bits per heavy atom. The minimum absolute atomic E-state index is 0.0295. The Morgan fingerprint density at radius 2 is 1.38 bits per heavy atom. The number of nitrogens with zero attached hydrogens (tertiary/aromatic N) is 1. The number of hydrogen-bond acceptors (Lipinski definition) is 1. The molecule has 0 fully saturated rings. The molecule has 0 unspecified atom stereocenters. The Kier molecular flexibility index (Phi) is 4.13. The molecule has 0 radical (unpaired) electrons. The lowest BCUT2D eigenvalue weighted by atomic mass is 9.99. The van der Waals surface area contributed by atoms with Crippen LogP contribution in [0, 0.1) is 27.7 Å². The molecule has 21 heavy (non-hydrogen) atoms. The van der Waals surface area contributed by atoms with Crippen LogP contribution in [0.2, 0.25) is 0 Å². The Balaban J connectivity index is 2.61. The summed E-state index contributed by atoms with van der Waals surface area (Å²) in [5, 5.41) is 0. The molecule has 0 bridgehead atoms. The summed E-state index contributed by atoms with van der Waals surface area (Å²) in [6, 6.07) is 13.4. The first kappa shape index (κ1) is 15.6. The molecule has 0 aromatic heterocycles. The second kappa shape index (κ2) is 5.55. The van der Waals surface area contributed by atoms with Gasteiger partial charge in [-0.2, -0.15) is 0 Å². The third-order valence-corrected chi connectivity index (χ3v) is 4.01. The number of aryl methyl sites for hydroxylation is 4. The summed E-state index contributed by atoms with van der Waals surface area (Å²) in [5.41, 5.74) is 7.89. The monoisotopic (exact) mass is 281 g/mol. The van der Waals surface area contributed by atoms with Gasteiger partial charge in [-0.3, -0.25) is 0 Å². The van der Waals surface area contributed by atoms with Crippen molar-refractivity contribution in [2.75, 3.05) is 4.90 Å². The van der Waals surface area contributed by atoms with Gasteiger partial charge in [0.2, 0.25) is 0 Å². The van der Waals surface area contributed by atoms with E-state index in [1.54, 1.807) is 0 Å². The normalized spacial score (nSPS) is 11.6. The van der Waals surface area contributed by atoms with Crippen molar-refractivity contribution in [1.82, 2.24) is 0 Å². The van der Waals surface area contributed by atoms with Crippen molar-refractivity contribution in [2.24, 2.45) is 0 Å².